The van der Waals surface area contributed by atoms with E-state index in [1.807, 2.05) is 0 Å². The summed E-state index contributed by atoms with van der Waals surface area (Å²) in [7, 11) is -3.77. The predicted octanol–water partition coefficient (Wildman–Crippen LogP) is 1.90. The van der Waals surface area contributed by atoms with Gasteiger partial charge in [0.05, 0.1) is 17.8 Å². The van der Waals surface area contributed by atoms with Gasteiger partial charge in [-0.2, -0.15) is 0 Å². The van der Waals surface area contributed by atoms with Crippen molar-refractivity contribution in [2.45, 2.75) is 42.5 Å². The summed E-state index contributed by atoms with van der Waals surface area (Å²) in [6, 6.07) is 4.27. The van der Waals surface area contributed by atoms with Crippen molar-refractivity contribution >= 4 is 27.3 Å². The molecule has 0 saturated heterocycles. The molecule has 4 N–H and O–H groups in total. The zero-order valence-corrected chi connectivity index (χ0v) is 12.7. The maximum Gasteiger partial charge on any atom is 0.243 e. The van der Waals surface area contributed by atoms with Gasteiger partial charge in [0.25, 0.3) is 0 Å². The lowest BCUT2D eigenvalue weighted by molar-refractivity contribution is 0.142. The third kappa shape index (κ3) is 3.25. The number of halogens is 1. The Bertz CT molecular complexity index is 583. The molecule has 1 aromatic rings. The fourth-order valence-electron chi connectivity index (χ4n) is 2.63. The molecule has 0 aliphatic heterocycles. The van der Waals surface area contributed by atoms with Crippen molar-refractivity contribution in [2.75, 3.05) is 12.3 Å². The van der Waals surface area contributed by atoms with Gasteiger partial charge >= 0.3 is 0 Å². The first-order valence-corrected chi connectivity index (χ1v) is 8.45. The van der Waals surface area contributed by atoms with Gasteiger partial charge in [0.2, 0.25) is 10.0 Å². The van der Waals surface area contributed by atoms with E-state index in [9.17, 15) is 13.5 Å². The Morgan fingerprint density at radius 3 is 2.50 bits per heavy atom. The lowest BCUT2D eigenvalue weighted by atomic mass is 9.83. The van der Waals surface area contributed by atoms with Gasteiger partial charge in [-0.1, -0.05) is 30.9 Å². The maximum atomic E-state index is 12.5. The summed E-state index contributed by atoms with van der Waals surface area (Å²) < 4.78 is 27.5. The molecular weight excluding hydrogens is 300 g/mol. The van der Waals surface area contributed by atoms with Crippen molar-refractivity contribution in [3.63, 3.8) is 0 Å². The molecule has 1 aliphatic carbocycles. The smallest absolute Gasteiger partial charge is 0.243 e. The summed E-state index contributed by atoms with van der Waals surface area (Å²) in [5.41, 5.74) is 5.06. The van der Waals surface area contributed by atoms with E-state index in [1.165, 1.54) is 18.2 Å². The van der Waals surface area contributed by atoms with Crippen molar-refractivity contribution in [1.82, 2.24) is 4.72 Å². The zero-order valence-electron chi connectivity index (χ0n) is 11.1. The Morgan fingerprint density at radius 2 is 1.95 bits per heavy atom. The summed E-state index contributed by atoms with van der Waals surface area (Å²) in [6.07, 6.45) is 4.14. The van der Waals surface area contributed by atoms with Crippen LogP contribution in [0.25, 0.3) is 0 Å². The van der Waals surface area contributed by atoms with Crippen LogP contribution in [0.5, 0.6) is 0 Å². The molecule has 0 radical (unpaired) electrons. The van der Waals surface area contributed by atoms with Gasteiger partial charge < -0.3 is 10.8 Å². The number of anilines is 1. The molecule has 7 heteroatoms. The highest BCUT2D eigenvalue weighted by Crippen LogP contribution is 2.31. The number of hydrogen-bond acceptors (Lipinski definition) is 4. The Kier molecular flexibility index (Phi) is 4.59. The van der Waals surface area contributed by atoms with Crippen LogP contribution in [0.2, 0.25) is 5.02 Å². The molecule has 0 aromatic heterocycles. The first kappa shape index (κ1) is 15.6. The monoisotopic (exact) mass is 318 g/mol. The predicted molar refractivity (Wildman–Crippen MR) is 79.1 cm³/mol. The quantitative estimate of drug-likeness (QED) is 0.739. The Hall–Kier alpha value is -0.820. The molecule has 0 unspecified atom stereocenters. The SMILES string of the molecule is Nc1cc(Cl)ccc1S(=O)(=O)NC1(CO)CCCCC1. The van der Waals surface area contributed by atoms with E-state index in [0.717, 1.165) is 19.3 Å². The van der Waals surface area contributed by atoms with E-state index in [1.54, 1.807) is 0 Å². The van der Waals surface area contributed by atoms with Gasteiger partial charge in [0.1, 0.15) is 4.90 Å². The minimum absolute atomic E-state index is 0.000276. The zero-order chi connectivity index (χ0) is 14.8. The number of benzene rings is 1. The molecule has 1 saturated carbocycles. The van der Waals surface area contributed by atoms with Crippen LogP contribution in [0.4, 0.5) is 5.69 Å². The fourth-order valence-corrected chi connectivity index (χ4v) is 4.37. The Labute approximate surface area is 124 Å². The number of nitrogen functional groups attached to an aromatic ring is 1. The summed E-state index contributed by atoms with van der Waals surface area (Å²) in [5.74, 6) is 0. The summed E-state index contributed by atoms with van der Waals surface area (Å²) in [4.78, 5) is 0.000276. The Balaban J connectivity index is 2.30. The number of aliphatic hydroxyl groups excluding tert-OH is 1. The second kappa shape index (κ2) is 5.89. The second-order valence-electron chi connectivity index (χ2n) is 5.29. The first-order chi connectivity index (χ1) is 9.38. The normalized spacial score (nSPS) is 18.9. The largest absolute Gasteiger partial charge is 0.398 e. The number of aliphatic hydroxyl groups is 1. The van der Waals surface area contributed by atoms with E-state index in [2.05, 4.69) is 4.72 Å². The highest BCUT2D eigenvalue weighted by molar-refractivity contribution is 7.89. The molecule has 20 heavy (non-hydrogen) atoms. The van der Waals surface area contributed by atoms with Crippen molar-refractivity contribution in [1.29, 1.82) is 0 Å². The number of nitrogens with two attached hydrogens (primary N) is 1. The molecule has 1 aromatic carbocycles. The maximum absolute atomic E-state index is 12.5. The molecule has 1 fully saturated rings. The van der Waals surface area contributed by atoms with Gasteiger partial charge in [-0.05, 0) is 31.0 Å². The van der Waals surface area contributed by atoms with Crippen molar-refractivity contribution in [2.24, 2.45) is 0 Å². The fraction of sp³-hybridized carbons (Fsp3) is 0.538. The molecule has 5 nitrogen and oxygen atoms in total. The minimum Gasteiger partial charge on any atom is -0.398 e. The highest BCUT2D eigenvalue weighted by atomic mass is 35.5. The standard InChI is InChI=1S/C13H19ClN2O3S/c14-10-4-5-12(11(15)8-10)20(18,19)16-13(9-17)6-2-1-3-7-13/h4-5,8,16-17H,1-3,6-7,9,15H2. The lowest BCUT2D eigenvalue weighted by Gasteiger charge is -2.36. The number of nitrogens with one attached hydrogen (secondary N) is 1. The van der Waals surface area contributed by atoms with Gasteiger partial charge in [0.15, 0.2) is 0 Å². The summed E-state index contributed by atoms with van der Waals surface area (Å²) in [5, 5.41) is 9.97. The number of hydrogen-bond donors (Lipinski definition) is 3. The van der Waals surface area contributed by atoms with Crippen LogP contribution in [-0.4, -0.2) is 25.7 Å². The molecule has 2 rings (SSSR count). The van der Waals surface area contributed by atoms with Crippen LogP contribution in [0.3, 0.4) is 0 Å². The Morgan fingerprint density at radius 1 is 1.30 bits per heavy atom. The van der Waals surface area contributed by atoms with Crippen LogP contribution >= 0.6 is 11.6 Å². The van der Waals surface area contributed by atoms with Gasteiger partial charge in [-0.15, -0.1) is 0 Å². The minimum atomic E-state index is -3.77. The van der Waals surface area contributed by atoms with E-state index in [4.69, 9.17) is 17.3 Å². The molecule has 0 bridgehead atoms. The third-order valence-electron chi connectivity index (χ3n) is 3.73. The summed E-state index contributed by atoms with van der Waals surface area (Å²) >= 11 is 5.78. The van der Waals surface area contributed by atoms with Crippen LogP contribution in [0, 0.1) is 0 Å². The molecule has 0 atom stereocenters. The first-order valence-electron chi connectivity index (χ1n) is 6.58. The number of rotatable bonds is 4. The van der Waals surface area contributed by atoms with Crippen molar-refractivity contribution < 1.29 is 13.5 Å². The third-order valence-corrected chi connectivity index (χ3v) is 5.61. The van der Waals surface area contributed by atoms with Gasteiger partial charge in [0, 0.05) is 5.02 Å². The molecule has 0 heterocycles. The molecule has 0 amide bonds. The van der Waals surface area contributed by atoms with Gasteiger partial charge in [-0.25, -0.2) is 13.1 Å². The van der Waals surface area contributed by atoms with Gasteiger partial charge in [-0.3, -0.25) is 0 Å². The molecule has 0 spiro atoms. The molecule has 112 valence electrons. The topological polar surface area (TPSA) is 92.4 Å². The van der Waals surface area contributed by atoms with Crippen molar-refractivity contribution in [3.05, 3.63) is 23.2 Å². The highest BCUT2D eigenvalue weighted by Gasteiger charge is 2.36. The van der Waals surface area contributed by atoms with E-state index in [-0.39, 0.29) is 17.2 Å². The van der Waals surface area contributed by atoms with Crippen LogP contribution in [-0.2, 0) is 10.0 Å². The van der Waals surface area contributed by atoms with E-state index < -0.39 is 15.6 Å². The van der Waals surface area contributed by atoms with Crippen LogP contribution in [0.1, 0.15) is 32.1 Å². The summed E-state index contributed by atoms with van der Waals surface area (Å²) in [6.45, 7) is -0.209. The molecule has 1 aliphatic rings. The second-order valence-corrected chi connectivity index (χ2v) is 7.37. The van der Waals surface area contributed by atoms with Crippen LogP contribution < -0.4 is 10.5 Å². The van der Waals surface area contributed by atoms with E-state index >= 15 is 0 Å². The van der Waals surface area contributed by atoms with E-state index in [0.29, 0.717) is 17.9 Å². The molecular formula is C13H19ClN2O3S. The average Bonchev–Trinajstić information content (AvgIpc) is 2.38. The van der Waals surface area contributed by atoms with Crippen molar-refractivity contribution in [3.8, 4) is 0 Å². The van der Waals surface area contributed by atoms with Crippen LogP contribution in [0.15, 0.2) is 23.1 Å². The lowest BCUT2D eigenvalue weighted by Crippen LogP contribution is -2.52. The average molecular weight is 319 g/mol. The number of sulfonamides is 1.